The maximum Gasteiger partial charge on any atom is 0.291 e. The average Bonchev–Trinajstić information content (AvgIpc) is 3.39. The van der Waals surface area contributed by atoms with Crippen LogP contribution in [0, 0.1) is 6.92 Å². The van der Waals surface area contributed by atoms with Gasteiger partial charge in [-0.15, -0.1) is 5.10 Å². The fourth-order valence-corrected chi connectivity index (χ4v) is 3.44. The van der Waals surface area contributed by atoms with Crippen LogP contribution < -0.4 is 5.32 Å². The summed E-state index contributed by atoms with van der Waals surface area (Å²) in [5.41, 5.74) is 2.78. The lowest BCUT2D eigenvalue weighted by Crippen LogP contribution is -2.37. The lowest BCUT2D eigenvalue weighted by molar-refractivity contribution is 0.0936. The number of aromatic nitrogens is 3. The van der Waals surface area contributed by atoms with Gasteiger partial charge >= 0.3 is 0 Å². The fourth-order valence-electron chi connectivity index (χ4n) is 3.44. The zero-order valence-electron chi connectivity index (χ0n) is 16.1. The SMILES string of the molecule is Cc1ccc(-n2nc(C(=O)NCCN3CCCCC3)nc2-c2ccoc2)cc1. The van der Waals surface area contributed by atoms with Crippen molar-refractivity contribution in [3.63, 3.8) is 0 Å². The van der Waals surface area contributed by atoms with E-state index in [0.717, 1.165) is 36.4 Å². The van der Waals surface area contributed by atoms with Crippen molar-refractivity contribution in [2.45, 2.75) is 26.2 Å². The highest BCUT2D eigenvalue weighted by Crippen LogP contribution is 2.22. The van der Waals surface area contributed by atoms with E-state index in [0.29, 0.717) is 12.4 Å². The van der Waals surface area contributed by atoms with Crippen molar-refractivity contribution in [1.29, 1.82) is 0 Å². The van der Waals surface area contributed by atoms with E-state index < -0.39 is 0 Å². The Balaban J connectivity index is 1.51. The number of furan rings is 1. The fraction of sp³-hybridized carbons (Fsp3) is 0.381. The first kappa shape index (κ1) is 18.4. The molecule has 1 aromatic carbocycles. The molecule has 1 aliphatic heterocycles. The summed E-state index contributed by atoms with van der Waals surface area (Å²) in [7, 11) is 0. The standard InChI is InChI=1S/C21H25N5O2/c1-16-5-7-18(8-6-16)26-20(17-9-14-28-15-17)23-19(24-26)21(27)22-10-13-25-11-3-2-4-12-25/h5-9,14-15H,2-4,10-13H2,1H3,(H,22,27). The zero-order valence-corrected chi connectivity index (χ0v) is 16.1. The molecule has 7 nitrogen and oxygen atoms in total. The average molecular weight is 379 g/mol. The highest BCUT2D eigenvalue weighted by atomic mass is 16.3. The highest BCUT2D eigenvalue weighted by molar-refractivity contribution is 5.91. The summed E-state index contributed by atoms with van der Waals surface area (Å²) in [6.07, 6.45) is 6.98. The van der Waals surface area contributed by atoms with Crippen LogP contribution in [-0.2, 0) is 0 Å². The Hall–Kier alpha value is -2.93. The third kappa shape index (κ3) is 4.14. The van der Waals surface area contributed by atoms with Gasteiger partial charge in [0.25, 0.3) is 5.91 Å². The molecule has 0 radical (unpaired) electrons. The minimum absolute atomic E-state index is 0.162. The monoisotopic (exact) mass is 379 g/mol. The van der Waals surface area contributed by atoms with E-state index in [1.165, 1.54) is 19.3 Å². The molecule has 28 heavy (non-hydrogen) atoms. The second kappa shape index (κ2) is 8.39. The molecule has 0 unspecified atom stereocenters. The van der Waals surface area contributed by atoms with Gasteiger partial charge < -0.3 is 14.6 Å². The lowest BCUT2D eigenvalue weighted by Gasteiger charge is -2.26. The summed E-state index contributed by atoms with van der Waals surface area (Å²) in [6, 6.07) is 9.76. The summed E-state index contributed by atoms with van der Waals surface area (Å²) in [5.74, 6) is 0.488. The number of carbonyl (C=O) groups excluding carboxylic acids is 1. The Morgan fingerprint density at radius 3 is 2.64 bits per heavy atom. The van der Waals surface area contributed by atoms with Crippen LogP contribution in [0.1, 0.15) is 35.4 Å². The van der Waals surface area contributed by atoms with Crippen LogP contribution in [0.4, 0.5) is 0 Å². The molecule has 0 atom stereocenters. The van der Waals surface area contributed by atoms with Crippen molar-refractivity contribution in [3.8, 4) is 17.1 Å². The number of rotatable bonds is 6. The maximum absolute atomic E-state index is 12.6. The smallest absolute Gasteiger partial charge is 0.291 e. The molecule has 1 N–H and O–H groups in total. The third-order valence-electron chi connectivity index (χ3n) is 5.03. The molecular weight excluding hydrogens is 354 g/mol. The molecule has 3 aromatic rings. The van der Waals surface area contributed by atoms with Crippen molar-refractivity contribution in [2.75, 3.05) is 26.2 Å². The number of piperidine rings is 1. The topological polar surface area (TPSA) is 76.2 Å². The summed E-state index contributed by atoms with van der Waals surface area (Å²) in [6.45, 7) is 5.71. The van der Waals surface area contributed by atoms with Crippen LogP contribution >= 0.6 is 0 Å². The molecule has 146 valence electrons. The van der Waals surface area contributed by atoms with Gasteiger partial charge in [-0.1, -0.05) is 24.1 Å². The number of hydrogen-bond donors (Lipinski definition) is 1. The van der Waals surface area contributed by atoms with Crippen LogP contribution in [-0.4, -0.2) is 51.8 Å². The predicted octanol–water partition coefficient (Wildman–Crippen LogP) is 3.05. The highest BCUT2D eigenvalue weighted by Gasteiger charge is 2.19. The van der Waals surface area contributed by atoms with Gasteiger partial charge in [-0.3, -0.25) is 4.79 Å². The molecule has 0 spiro atoms. The number of benzene rings is 1. The van der Waals surface area contributed by atoms with Crippen molar-refractivity contribution in [2.24, 2.45) is 0 Å². The lowest BCUT2D eigenvalue weighted by atomic mass is 10.1. The third-order valence-corrected chi connectivity index (χ3v) is 5.03. The van der Waals surface area contributed by atoms with Gasteiger partial charge in [0.05, 0.1) is 17.5 Å². The Morgan fingerprint density at radius 1 is 1.14 bits per heavy atom. The molecule has 2 aromatic heterocycles. The largest absolute Gasteiger partial charge is 0.472 e. The molecule has 1 saturated heterocycles. The van der Waals surface area contributed by atoms with E-state index >= 15 is 0 Å². The molecule has 0 bridgehead atoms. The van der Waals surface area contributed by atoms with Gasteiger partial charge in [-0.2, -0.15) is 0 Å². The molecule has 1 aliphatic rings. The Bertz CT molecular complexity index is 909. The molecule has 4 rings (SSSR count). The molecule has 1 amide bonds. The van der Waals surface area contributed by atoms with Crippen molar-refractivity contribution < 1.29 is 9.21 Å². The van der Waals surface area contributed by atoms with E-state index in [4.69, 9.17) is 4.42 Å². The molecule has 0 saturated carbocycles. The first-order chi connectivity index (χ1) is 13.7. The normalized spacial score (nSPS) is 14.9. The number of hydrogen-bond acceptors (Lipinski definition) is 5. The van der Waals surface area contributed by atoms with Gasteiger partial charge in [0, 0.05) is 13.1 Å². The number of likely N-dealkylation sites (tertiary alicyclic amines) is 1. The molecule has 0 aliphatic carbocycles. The second-order valence-corrected chi connectivity index (χ2v) is 7.18. The number of amides is 1. The predicted molar refractivity (Wildman–Crippen MR) is 106 cm³/mol. The molecule has 7 heteroatoms. The van der Waals surface area contributed by atoms with Crippen LogP contribution in [0.15, 0.2) is 47.3 Å². The Kier molecular flexibility index (Phi) is 5.53. The van der Waals surface area contributed by atoms with Crippen molar-refractivity contribution >= 4 is 5.91 Å². The van der Waals surface area contributed by atoms with Gasteiger partial charge in [-0.25, -0.2) is 9.67 Å². The molecular formula is C21H25N5O2. The summed E-state index contributed by atoms with van der Waals surface area (Å²) >= 11 is 0. The van der Waals surface area contributed by atoms with Crippen molar-refractivity contribution in [1.82, 2.24) is 25.0 Å². The molecule has 1 fully saturated rings. The van der Waals surface area contributed by atoms with Gasteiger partial charge in [0.15, 0.2) is 5.82 Å². The van der Waals surface area contributed by atoms with E-state index in [2.05, 4.69) is 20.3 Å². The number of nitrogens with zero attached hydrogens (tertiary/aromatic N) is 4. The molecule has 3 heterocycles. The van der Waals surface area contributed by atoms with Crippen LogP contribution in [0.3, 0.4) is 0 Å². The van der Waals surface area contributed by atoms with Gasteiger partial charge in [-0.05, 0) is 51.1 Å². The number of nitrogens with one attached hydrogen (secondary N) is 1. The first-order valence-corrected chi connectivity index (χ1v) is 9.78. The van der Waals surface area contributed by atoms with E-state index in [1.807, 2.05) is 37.3 Å². The van der Waals surface area contributed by atoms with E-state index in [1.54, 1.807) is 17.2 Å². The first-order valence-electron chi connectivity index (χ1n) is 9.78. The van der Waals surface area contributed by atoms with Gasteiger partial charge in [0.2, 0.25) is 5.82 Å². The maximum atomic E-state index is 12.6. The van der Waals surface area contributed by atoms with Crippen LogP contribution in [0.25, 0.3) is 17.1 Å². The Labute approximate surface area is 164 Å². The van der Waals surface area contributed by atoms with Crippen LogP contribution in [0.2, 0.25) is 0 Å². The Morgan fingerprint density at radius 2 is 1.93 bits per heavy atom. The summed E-state index contributed by atoms with van der Waals surface area (Å²) in [5, 5.41) is 7.42. The zero-order chi connectivity index (χ0) is 19.3. The van der Waals surface area contributed by atoms with E-state index in [9.17, 15) is 4.79 Å². The summed E-state index contributed by atoms with van der Waals surface area (Å²) < 4.78 is 6.88. The number of aryl methyl sites for hydroxylation is 1. The summed E-state index contributed by atoms with van der Waals surface area (Å²) in [4.78, 5) is 19.5. The number of carbonyl (C=O) groups is 1. The van der Waals surface area contributed by atoms with Crippen molar-refractivity contribution in [3.05, 3.63) is 54.2 Å². The second-order valence-electron chi connectivity index (χ2n) is 7.18. The minimum Gasteiger partial charge on any atom is -0.472 e. The quantitative estimate of drug-likeness (QED) is 0.712. The van der Waals surface area contributed by atoms with Gasteiger partial charge in [0.1, 0.15) is 6.26 Å². The minimum atomic E-state index is -0.257. The van der Waals surface area contributed by atoms with Crippen LogP contribution in [0.5, 0.6) is 0 Å². The van der Waals surface area contributed by atoms with E-state index in [-0.39, 0.29) is 11.7 Å².